The molecular formula is C36H24N2. The van der Waals surface area contributed by atoms with Crippen LogP contribution in [0.2, 0.25) is 0 Å². The molecular weight excluding hydrogens is 460 g/mol. The van der Waals surface area contributed by atoms with Gasteiger partial charge in [0, 0.05) is 11.1 Å². The highest BCUT2D eigenvalue weighted by atomic mass is 15.1. The predicted molar refractivity (Wildman–Crippen MR) is 158 cm³/mol. The summed E-state index contributed by atoms with van der Waals surface area (Å²) in [6, 6.07) is 47.9. The van der Waals surface area contributed by atoms with E-state index in [0.29, 0.717) is 0 Å². The van der Waals surface area contributed by atoms with Crippen LogP contribution in [-0.2, 0) is 6.54 Å². The van der Waals surface area contributed by atoms with E-state index in [9.17, 15) is 0 Å². The number of imidazole rings is 1. The number of rotatable bonds is 3. The molecule has 2 heterocycles. The van der Waals surface area contributed by atoms with Crippen LogP contribution in [0.3, 0.4) is 0 Å². The summed E-state index contributed by atoms with van der Waals surface area (Å²) in [5.41, 5.74) is 12.1. The first-order valence-electron chi connectivity index (χ1n) is 13.1. The number of fused-ring (bicyclic) bond motifs is 4. The van der Waals surface area contributed by atoms with Crippen molar-refractivity contribution in [3.63, 3.8) is 0 Å². The van der Waals surface area contributed by atoms with Gasteiger partial charge < -0.3 is 4.57 Å². The van der Waals surface area contributed by atoms with Crippen LogP contribution in [-0.4, -0.2) is 9.55 Å². The average Bonchev–Trinajstić information content (AvgIpc) is 3.37. The van der Waals surface area contributed by atoms with E-state index in [-0.39, 0.29) is 0 Å². The quantitative estimate of drug-likeness (QED) is 0.244. The van der Waals surface area contributed by atoms with Gasteiger partial charge in [-0.15, -0.1) is 0 Å². The van der Waals surface area contributed by atoms with Crippen molar-refractivity contribution in [2.75, 3.05) is 0 Å². The molecule has 0 amide bonds. The maximum Gasteiger partial charge on any atom is 0.142 e. The molecule has 0 bridgehead atoms. The molecule has 0 N–H and O–H groups in total. The summed E-state index contributed by atoms with van der Waals surface area (Å²) in [6.45, 7) is 0.806. The Labute approximate surface area is 221 Å². The van der Waals surface area contributed by atoms with Crippen LogP contribution in [0.25, 0.3) is 66.6 Å². The second-order valence-corrected chi connectivity index (χ2v) is 10.0. The van der Waals surface area contributed by atoms with E-state index in [0.717, 1.165) is 17.9 Å². The fourth-order valence-electron chi connectivity index (χ4n) is 6.06. The number of nitrogens with zero attached hydrogens (tertiary/aromatic N) is 2. The summed E-state index contributed by atoms with van der Waals surface area (Å²) in [5, 5.41) is 2.61. The lowest BCUT2D eigenvalue weighted by molar-refractivity contribution is 0.831. The van der Waals surface area contributed by atoms with Gasteiger partial charge >= 0.3 is 0 Å². The Hall–Kier alpha value is -4.95. The van der Waals surface area contributed by atoms with Crippen LogP contribution in [0.15, 0.2) is 133 Å². The van der Waals surface area contributed by atoms with Gasteiger partial charge in [-0.1, -0.05) is 115 Å². The molecule has 2 nitrogen and oxygen atoms in total. The molecule has 0 spiro atoms. The van der Waals surface area contributed by atoms with Crippen LogP contribution in [0.4, 0.5) is 0 Å². The van der Waals surface area contributed by atoms with Crippen molar-refractivity contribution in [1.82, 2.24) is 9.55 Å². The fourth-order valence-corrected chi connectivity index (χ4v) is 6.06. The number of hydrogen-bond donors (Lipinski definition) is 0. The summed E-state index contributed by atoms with van der Waals surface area (Å²) in [7, 11) is 0. The number of benzene rings is 6. The van der Waals surface area contributed by atoms with Crippen LogP contribution < -0.4 is 0 Å². The molecule has 1 aliphatic heterocycles. The molecule has 6 aromatic carbocycles. The first-order valence-corrected chi connectivity index (χ1v) is 13.1. The topological polar surface area (TPSA) is 17.8 Å². The van der Waals surface area contributed by atoms with Crippen molar-refractivity contribution in [1.29, 1.82) is 0 Å². The fraction of sp³-hybridized carbons (Fsp3) is 0.0278. The van der Waals surface area contributed by atoms with Crippen molar-refractivity contribution in [3.8, 4) is 44.8 Å². The second-order valence-electron chi connectivity index (χ2n) is 10.0. The van der Waals surface area contributed by atoms with E-state index in [2.05, 4.69) is 138 Å². The van der Waals surface area contributed by atoms with Gasteiger partial charge in [0.25, 0.3) is 0 Å². The van der Waals surface area contributed by atoms with Gasteiger partial charge in [-0.25, -0.2) is 4.98 Å². The molecule has 38 heavy (non-hydrogen) atoms. The zero-order valence-electron chi connectivity index (χ0n) is 20.8. The van der Waals surface area contributed by atoms with Gasteiger partial charge in [0.1, 0.15) is 5.82 Å². The van der Waals surface area contributed by atoms with Crippen molar-refractivity contribution >= 4 is 21.8 Å². The Morgan fingerprint density at radius 1 is 0.500 bits per heavy atom. The Morgan fingerprint density at radius 3 is 1.84 bits per heavy atom. The smallest absolute Gasteiger partial charge is 0.142 e. The summed E-state index contributed by atoms with van der Waals surface area (Å²) in [4.78, 5) is 5.35. The Balaban J connectivity index is 1.42. The van der Waals surface area contributed by atoms with Crippen LogP contribution in [0.5, 0.6) is 0 Å². The molecule has 0 radical (unpaired) electrons. The normalized spacial score (nSPS) is 12.1. The standard InChI is InChI=1S/C36H24N2/c1-4-11-24(12-5-1)28-21-32(26-15-8-3-9-16-26)35-33(22-28)38-23-27-17-10-18-30-29(25-13-6-2-7-14-25)19-20-31(34(27)30)36(38)37-35/h1-22H,23H2. The van der Waals surface area contributed by atoms with E-state index in [1.54, 1.807) is 0 Å². The molecule has 1 aliphatic rings. The lowest BCUT2D eigenvalue weighted by Gasteiger charge is -2.21. The highest BCUT2D eigenvalue weighted by Gasteiger charge is 2.25. The van der Waals surface area contributed by atoms with Gasteiger partial charge in [0.05, 0.1) is 17.6 Å². The van der Waals surface area contributed by atoms with Crippen molar-refractivity contribution in [2.24, 2.45) is 0 Å². The molecule has 0 unspecified atom stereocenters. The molecule has 2 heteroatoms. The largest absolute Gasteiger partial charge is 0.319 e. The maximum absolute atomic E-state index is 5.35. The van der Waals surface area contributed by atoms with E-state index in [4.69, 9.17) is 4.98 Å². The Bertz CT molecular complexity index is 1970. The molecule has 0 fully saturated rings. The molecule has 8 rings (SSSR count). The van der Waals surface area contributed by atoms with E-state index < -0.39 is 0 Å². The zero-order valence-corrected chi connectivity index (χ0v) is 20.8. The third-order valence-electron chi connectivity index (χ3n) is 7.83. The van der Waals surface area contributed by atoms with Crippen molar-refractivity contribution < 1.29 is 0 Å². The summed E-state index contributed by atoms with van der Waals surface area (Å²) >= 11 is 0. The van der Waals surface area contributed by atoms with Gasteiger partial charge in [0.2, 0.25) is 0 Å². The molecule has 0 atom stereocenters. The third-order valence-corrected chi connectivity index (χ3v) is 7.83. The summed E-state index contributed by atoms with van der Waals surface area (Å²) in [5.74, 6) is 1.05. The summed E-state index contributed by atoms with van der Waals surface area (Å²) < 4.78 is 2.41. The molecule has 7 aromatic rings. The summed E-state index contributed by atoms with van der Waals surface area (Å²) in [6.07, 6.45) is 0. The first-order chi connectivity index (χ1) is 18.8. The van der Waals surface area contributed by atoms with E-state index in [1.165, 1.54) is 60.8 Å². The van der Waals surface area contributed by atoms with Gasteiger partial charge in [-0.3, -0.25) is 0 Å². The Kier molecular flexibility index (Phi) is 4.62. The first kappa shape index (κ1) is 21.2. The maximum atomic E-state index is 5.35. The van der Waals surface area contributed by atoms with Crippen molar-refractivity contribution in [2.45, 2.75) is 6.54 Å². The van der Waals surface area contributed by atoms with Crippen LogP contribution >= 0.6 is 0 Å². The number of aromatic nitrogens is 2. The third kappa shape index (κ3) is 3.17. The molecule has 0 saturated carbocycles. The van der Waals surface area contributed by atoms with Gasteiger partial charge in [-0.2, -0.15) is 0 Å². The second kappa shape index (κ2) is 8.29. The van der Waals surface area contributed by atoms with Gasteiger partial charge in [-0.05, 0) is 62.4 Å². The lowest BCUT2D eigenvalue weighted by atomic mass is 9.90. The van der Waals surface area contributed by atoms with E-state index in [1.807, 2.05) is 0 Å². The molecule has 0 saturated heterocycles. The Morgan fingerprint density at radius 2 is 1.13 bits per heavy atom. The zero-order chi connectivity index (χ0) is 25.1. The minimum atomic E-state index is 0.806. The minimum Gasteiger partial charge on any atom is -0.319 e. The monoisotopic (exact) mass is 484 g/mol. The average molecular weight is 485 g/mol. The lowest BCUT2D eigenvalue weighted by Crippen LogP contribution is -2.08. The molecule has 1 aromatic heterocycles. The molecule has 178 valence electrons. The minimum absolute atomic E-state index is 0.806. The molecule has 0 aliphatic carbocycles. The highest BCUT2D eigenvalue weighted by molar-refractivity contribution is 6.08. The predicted octanol–water partition coefficient (Wildman–Crippen LogP) is 9.22. The van der Waals surface area contributed by atoms with Crippen molar-refractivity contribution in [3.05, 3.63) is 139 Å². The van der Waals surface area contributed by atoms with Crippen LogP contribution in [0, 0.1) is 0 Å². The van der Waals surface area contributed by atoms with Gasteiger partial charge in [0.15, 0.2) is 0 Å². The SMILES string of the molecule is c1ccc(-c2cc(-c3ccccc3)c3nc4n(c3c2)Cc2cccc3c(-c5ccccc5)ccc-4c23)cc1. The highest BCUT2D eigenvalue weighted by Crippen LogP contribution is 2.43. The number of hydrogen-bond acceptors (Lipinski definition) is 1. The van der Waals surface area contributed by atoms with Crippen LogP contribution in [0.1, 0.15) is 5.56 Å². The van der Waals surface area contributed by atoms with E-state index >= 15 is 0 Å².